The molecule has 0 radical (unpaired) electrons. The molecule has 1 fully saturated rings. The van der Waals surface area contributed by atoms with Gasteiger partial charge < -0.3 is 9.80 Å². The van der Waals surface area contributed by atoms with E-state index in [0.29, 0.717) is 43.4 Å². The molecule has 1 N–H and O–H groups in total. The lowest BCUT2D eigenvalue weighted by atomic mass is 10.1. The Labute approximate surface area is 146 Å². The normalized spacial score (nSPS) is 15.1. The van der Waals surface area contributed by atoms with Crippen molar-refractivity contribution in [2.75, 3.05) is 42.1 Å². The van der Waals surface area contributed by atoms with Crippen molar-refractivity contribution in [2.45, 2.75) is 0 Å². The number of carbonyl (C=O) groups excluding carboxylic acids is 1. The van der Waals surface area contributed by atoms with E-state index in [0.717, 1.165) is 6.26 Å². The van der Waals surface area contributed by atoms with Gasteiger partial charge in [-0.25, -0.2) is 18.4 Å². The number of para-hydroxylation sites is 1. The van der Waals surface area contributed by atoms with Crippen LogP contribution in [0.25, 0.3) is 0 Å². The summed E-state index contributed by atoms with van der Waals surface area (Å²) in [5.74, 6) is 0.453. The first-order valence-corrected chi connectivity index (χ1v) is 9.71. The largest absolute Gasteiger partial charge is 0.337 e. The van der Waals surface area contributed by atoms with Gasteiger partial charge in [0.05, 0.1) is 17.5 Å². The molecule has 1 aliphatic rings. The maximum absolute atomic E-state index is 12.8. The molecule has 8 nitrogen and oxygen atoms in total. The van der Waals surface area contributed by atoms with Crippen LogP contribution >= 0.6 is 0 Å². The standard InChI is InChI=1S/C16H19N5O3S/c1-25(23,24)19-14-6-3-2-5-13(14)15(22)20-9-11-21(12-10-20)16-17-7-4-8-18-16/h2-8,19H,9-12H2,1H3. The second-order valence-electron chi connectivity index (χ2n) is 5.75. The van der Waals surface area contributed by atoms with Gasteiger partial charge in [-0.3, -0.25) is 9.52 Å². The van der Waals surface area contributed by atoms with Crippen molar-refractivity contribution in [1.29, 1.82) is 0 Å². The second kappa shape index (κ2) is 7.06. The summed E-state index contributed by atoms with van der Waals surface area (Å²) in [6, 6.07) is 8.38. The molecule has 0 unspecified atom stereocenters. The molecule has 0 saturated carbocycles. The highest BCUT2D eigenvalue weighted by molar-refractivity contribution is 7.92. The Morgan fingerprint density at radius 3 is 2.32 bits per heavy atom. The molecule has 2 aromatic rings. The van der Waals surface area contributed by atoms with Gasteiger partial charge in [-0.15, -0.1) is 0 Å². The lowest BCUT2D eigenvalue weighted by Gasteiger charge is -2.35. The van der Waals surface area contributed by atoms with Crippen molar-refractivity contribution in [3.05, 3.63) is 48.3 Å². The minimum Gasteiger partial charge on any atom is -0.337 e. The van der Waals surface area contributed by atoms with E-state index in [4.69, 9.17) is 0 Å². The average Bonchev–Trinajstić information content (AvgIpc) is 2.61. The SMILES string of the molecule is CS(=O)(=O)Nc1ccccc1C(=O)N1CCN(c2ncccn2)CC1. The Hall–Kier alpha value is -2.68. The molecule has 3 rings (SSSR count). The molecule has 0 bridgehead atoms. The number of nitrogens with one attached hydrogen (secondary N) is 1. The van der Waals surface area contributed by atoms with Gasteiger partial charge in [0, 0.05) is 38.6 Å². The van der Waals surface area contributed by atoms with Crippen molar-refractivity contribution < 1.29 is 13.2 Å². The summed E-state index contributed by atoms with van der Waals surface area (Å²) in [5.41, 5.74) is 0.640. The summed E-state index contributed by atoms with van der Waals surface area (Å²) in [7, 11) is -3.45. The van der Waals surface area contributed by atoms with Crippen LogP contribution in [0.1, 0.15) is 10.4 Å². The Morgan fingerprint density at radius 1 is 1.04 bits per heavy atom. The van der Waals surface area contributed by atoms with Gasteiger partial charge in [-0.05, 0) is 18.2 Å². The van der Waals surface area contributed by atoms with Crippen LogP contribution in [0.5, 0.6) is 0 Å². The third kappa shape index (κ3) is 4.24. The van der Waals surface area contributed by atoms with Crippen LogP contribution < -0.4 is 9.62 Å². The maximum Gasteiger partial charge on any atom is 0.256 e. The topological polar surface area (TPSA) is 95.5 Å². The number of amides is 1. The first-order chi connectivity index (χ1) is 11.9. The molecule has 132 valence electrons. The second-order valence-corrected chi connectivity index (χ2v) is 7.50. The predicted octanol–water partition coefficient (Wildman–Crippen LogP) is 0.810. The zero-order valence-corrected chi connectivity index (χ0v) is 14.6. The fraction of sp³-hybridized carbons (Fsp3) is 0.312. The van der Waals surface area contributed by atoms with E-state index in [9.17, 15) is 13.2 Å². The van der Waals surface area contributed by atoms with Gasteiger partial charge in [0.2, 0.25) is 16.0 Å². The van der Waals surface area contributed by atoms with Crippen molar-refractivity contribution in [3.63, 3.8) is 0 Å². The molecule has 1 aromatic carbocycles. The summed E-state index contributed by atoms with van der Waals surface area (Å²) in [6.07, 6.45) is 4.44. The molecule has 1 aromatic heterocycles. The van der Waals surface area contributed by atoms with Crippen LogP contribution in [0.15, 0.2) is 42.7 Å². The lowest BCUT2D eigenvalue weighted by Crippen LogP contribution is -2.49. The first kappa shape index (κ1) is 17.2. The van der Waals surface area contributed by atoms with Gasteiger partial charge >= 0.3 is 0 Å². The highest BCUT2D eigenvalue weighted by atomic mass is 32.2. The minimum atomic E-state index is -3.45. The van der Waals surface area contributed by atoms with Crippen LogP contribution in [-0.4, -0.2) is 61.6 Å². The molecular weight excluding hydrogens is 342 g/mol. The van der Waals surface area contributed by atoms with E-state index >= 15 is 0 Å². The van der Waals surface area contributed by atoms with Crippen molar-refractivity contribution >= 4 is 27.6 Å². The zero-order chi connectivity index (χ0) is 17.9. The first-order valence-electron chi connectivity index (χ1n) is 7.82. The van der Waals surface area contributed by atoms with E-state index < -0.39 is 10.0 Å². The van der Waals surface area contributed by atoms with Gasteiger partial charge in [0.15, 0.2) is 0 Å². The fourth-order valence-electron chi connectivity index (χ4n) is 2.69. The van der Waals surface area contributed by atoms with Crippen LogP contribution in [0.2, 0.25) is 0 Å². The molecule has 2 heterocycles. The summed E-state index contributed by atoms with van der Waals surface area (Å²) < 4.78 is 25.4. The van der Waals surface area contributed by atoms with Crippen LogP contribution in [-0.2, 0) is 10.0 Å². The van der Waals surface area contributed by atoms with E-state index in [1.807, 2.05) is 4.90 Å². The number of benzene rings is 1. The smallest absolute Gasteiger partial charge is 0.256 e. The monoisotopic (exact) mass is 361 g/mol. The molecular formula is C16H19N5O3S. The molecule has 0 atom stereocenters. The van der Waals surface area contributed by atoms with Gasteiger partial charge in [0.25, 0.3) is 5.91 Å². The lowest BCUT2D eigenvalue weighted by molar-refractivity contribution is 0.0747. The summed E-state index contributed by atoms with van der Waals surface area (Å²) in [5, 5.41) is 0. The number of anilines is 2. The van der Waals surface area contributed by atoms with Gasteiger partial charge in [-0.2, -0.15) is 0 Å². The molecule has 0 aliphatic carbocycles. The molecule has 1 amide bonds. The predicted molar refractivity (Wildman–Crippen MR) is 95.1 cm³/mol. The van der Waals surface area contributed by atoms with Crippen molar-refractivity contribution in [2.24, 2.45) is 0 Å². The van der Waals surface area contributed by atoms with Crippen LogP contribution in [0.3, 0.4) is 0 Å². The Morgan fingerprint density at radius 2 is 1.68 bits per heavy atom. The van der Waals surface area contributed by atoms with Crippen LogP contribution in [0, 0.1) is 0 Å². The summed E-state index contributed by atoms with van der Waals surface area (Å²) in [6.45, 7) is 2.28. The Kier molecular flexibility index (Phi) is 4.84. The number of aromatic nitrogens is 2. The maximum atomic E-state index is 12.8. The highest BCUT2D eigenvalue weighted by Gasteiger charge is 2.25. The van der Waals surface area contributed by atoms with Crippen molar-refractivity contribution in [3.8, 4) is 0 Å². The quantitative estimate of drug-likeness (QED) is 0.866. The summed E-state index contributed by atoms with van der Waals surface area (Å²) >= 11 is 0. The van der Waals surface area contributed by atoms with Crippen LogP contribution in [0.4, 0.5) is 11.6 Å². The number of rotatable bonds is 4. The molecule has 25 heavy (non-hydrogen) atoms. The van der Waals surface area contributed by atoms with E-state index in [-0.39, 0.29) is 5.91 Å². The molecule has 1 aliphatic heterocycles. The average molecular weight is 361 g/mol. The Balaban J connectivity index is 1.71. The number of piperazine rings is 1. The number of carbonyl (C=O) groups is 1. The van der Waals surface area contributed by atoms with Crippen molar-refractivity contribution in [1.82, 2.24) is 14.9 Å². The minimum absolute atomic E-state index is 0.194. The van der Waals surface area contributed by atoms with Gasteiger partial charge in [0.1, 0.15) is 0 Å². The van der Waals surface area contributed by atoms with E-state index in [1.165, 1.54) is 0 Å². The molecule has 1 saturated heterocycles. The zero-order valence-electron chi connectivity index (χ0n) is 13.8. The number of hydrogen-bond donors (Lipinski definition) is 1. The summed E-state index contributed by atoms with van der Waals surface area (Å²) in [4.78, 5) is 25.0. The Bertz CT molecular complexity index is 849. The fourth-order valence-corrected chi connectivity index (χ4v) is 3.27. The number of hydrogen-bond acceptors (Lipinski definition) is 6. The third-order valence-electron chi connectivity index (χ3n) is 3.85. The third-order valence-corrected chi connectivity index (χ3v) is 4.45. The van der Waals surface area contributed by atoms with E-state index in [1.54, 1.807) is 47.6 Å². The highest BCUT2D eigenvalue weighted by Crippen LogP contribution is 2.20. The number of sulfonamides is 1. The van der Waals surface area contributed by atoms with Gasteiger partial charge in [-0.1, -0.05) is 12.1 Å². The number of nitrogens with zero attached hydrogens (tertiary/aromatic N) is 4. The molecule has 0 spiro atoms. The molecule has 9 heteroatoms. The van der Waals surface area contributed by atoms with E-state index in [2.05, 4.69) is 14.7 Å².